The Balaban J connectivity index is 4.35. The molecular formula is C43H72NO9P. The lowest BCUT2D eigenvalue weighted by Gasteiger charge is -2.19. The third-order valence-electron chi connectivity index (χ3n) is 7.78. The Morgan fingerprint density at radius 3 is 1.67 bits per heavy atom. The number of nitrogens with two attached hydrogens (primary N) is 1. The van der Waals surface area contributed by atoms with Crippen molar-refractivity contribution in [1.82, 2.24) is 0 Å². The normalized spacial score (nSPS) is 14.8. The lowest BCUT2D eigenvalue weighted by molar-refractivity contribution is -0.161. The number of allylic oxidation sites excluding steroid dienone is 14. The number of phosphoric acid groups is 1. The molecule has 0 aromatic heterocycles. The fourth-order valence-electron chi connectivity index (χ4n) is 4.83. The average Bonchev–Trinajstić information content (AvgIpc) is 3.14. The van der Waals surface area contributed by atoms with Crippen LogP contribution in [0.25, 0.3) is 0 Å². The van der Waals surface area contributed by atoms with Gasteiger partial charge in [-0.2, -0.15) is 0 Å². The second kappa shape index (κ2) is 38.4. The van der Waals surface area contributed by atoms with Gasteiger partial charge in [0.05, 0.1) is 19.3 Å². The number of hydrogen-bond donors (Lipinski definition) is 3. The second-order valence-electron chi connectivity index (χ2n) is 13.0. The lowest BCUT2D eigenvalue weighted by atomic mass is 10.1. The van der Waals surface area contributed by atoms with E-state index in [0.717, 1.165) is 89.9 Å². The molecule has 0 aliphatic rings. The Kier molecular flexibility index (Phi) is 36.4. The van der Waals surface area contributed by atoms with Gasteiger partial charge in [-0.25, -0.2) is 4.57 Å². The summed E-state index contributed by atoms with van der Waals surface area (Å²) in [5.41, 5.74) is 5.33. The summed E-state index contributed by atoms with van der Waals surface area (Å²) in [4.78, 5) is 34.8. The molecular weight excluding hydrogens is 705 g/mol. The molecule has 0 aromatic rings. The van der Waals surface area contributed by atoms with Crippen LogP contribution in [0, 0.1) is 0 Å². The molecule has 0 radical (unpaired) electrons. The molecule has 1 unspecified atom stereocenters. The summed E-state index contributed by atoms with van der Waals surface area (Å²) >= 11 is 0. The molecule has 0 saturated heterocycles. The van der Waals surface area contributed by atoms with Crippen molar-refractivity contribution in [3.05, 3.63) is 85.1 Å². The van der Waals surface area contributed by atoms with E-state index >= 15 is 0 Å². The molecule has 3 atom stereocenters. The number of ether oxygens (including phenoxy) is 2. The number of phosphoric ester groups is 1. The molecule has 0 amide bonds. The van der Waals surface area contributed by atoms with Crippen LogP contribution in [0.4, 0.5) is 0 Å². The number of unbranched alkanes of at least 4 members (excludes halogenated alkanes) is 7. The highest BCUT2D eigenvalue weighted by Gasteiger charge is 2.25. The van der Waals surface area contributed by atoms with Crippen LogP contribution in [-0.4, -0.2) is 60.5 Å². The van der Waals surface area contributed by atoms with E-state index in [1.54, 1.807) is 0 Å². The van der Waals surface area contributed by atoms with Crippen molar-refractivity contribution in [2.75, 3.05) is 26.4 Å². The van der Waals surface area contributed by atoms with Crippen molar-refractivity contribution in [3.63, 3.8) is 0 Å². The molecule has 308 valence electrons. The van der Waals surface area contributed by atoms with Crippen LogP contribution in [0.5, 0.6) is 0 Å². The Morgan fingerprint density at radius 2 is 1.11 bits per heavy atom. The molecule has 0 saturated carbocycles. The number of carbonyl (C=O) groups is 2. The topological polar surface area (TPSA) is 155 Å². The van der Waals surface area contributed by atoms with E-state index in [2.05, 4.69) is 79.8 Å². The smallest absolute Gasteiger partial charge is 0.462 e. The fraction of sp³-hybridized carbons (Fsp3) is 0.628. The summed E-state index contributed by atoms with van der Waals surface area (Å²) in [5, 5.41) is 9.26. The molecule has 0 aliphatic carbocycles. The van der Waals surface area contributed by atoms with Gasteiger partial charge in [0.15, 0.2) is 6.10 Å². The van der Waals surface area contributed by atoms with E-state index in [1.807, 2.05) is 19.1 Å². The molecule has 0 aromatic carbocycles. The Morgan fingerprint density at radius 1 is 0.630 bits per heavy atom. The minimum absolute atomic E-state index is 0.0321. The monoisotopic (exact) mass is 777 g/mol. The summed E-state index contributed by atoms with van der Waals surface area (Å²) in [6.45, 7) is 3.04. The molecule has 54 heavy (non-hydrogen) atoms. The number of esters is 2. The maximum Gasteiger partial charge on any atom is 0.472 e. The highest BCUT2D eigenvalue weighted by Crippen LogP contribution is 2.43. The maximum absolute atomic E-state index is 12.5. The van der Waals surface area contributed by atoms with Gasteiger partial charge in [-0.15, -0.1) is 0 Å². The third kappa shape index (κ3) is 38.9. The van der Waals surface area contributed by atoms with Crippen LogP contribution in [0.2, 0.25) is 0 Å². The Bertz CT molecular complexity index is 1170. The van der Waals surface area contributed by atoms with Crippen molar-refractivity contribution in [2.24, 2.45) is 5.73 Å². The van der Waals surface area contributed by atoms with Crippen LogP contribution >= 0.6 is 7.82 Å². The molecule has 0 spiro atoms. The predicted octanol–water partition coefficient (Wildman–Crippen LogP) is 10.2. The number of aliphatic hydroxyl groups is 1. The zero-order valence-corrected chi connectivity index (χ0v) is 34.2. The first kappa shape index (κ1) is 51.1. The van der Waals surface area contributed by atoms with Crippen LogP contribution in [0.3, 0.4) is 0 Å². The van der Waals surface area contributed by atoms with Crippen LogP contribution < -0.4 is 5.73 Å². The second-order valence-corrected chi connectivity index (χ2v) is 14.5. The summed E-state index contributed by atoms with van der Waals surface area (Å²) in [6.07, 6.45) is 44.7. The largest absolute Gasteiger partial charge is 0.472 e. The van der Waals surface area contributed by atoms with Crippen LogP contribution in [-0.2, 0) is 32.7 Å². The standard InChI is InChI=1S/C43H72NO9P/c1-3-4-5-6-7-8-9-10-12-16-19-22-25-28-31-34-42(46)50-38-41(39-52-54(48,49)51-37-36-44)53-43(47)35-32-29-26-23-20-17-14-11-13-15-18-21-24-27-30-33-40(2)45/h4-5,7-8,10,12-15,17,21,23-24,26,40-41,45H,3,6,9,11,16,18-20,22,25,27-39,44H2,1-2H3,(H,48,49)/b5-4-,8-7-,12-10-,15-13-,17-14-,24-21-,26-23-/t40-,41+/m0/s1. The minimum Gasteiger partial charge on any atom is -0.462 e. The van der Waals surface area contributed by atoms with Gasteiger partial charge in [0.2, 0.25) is 0 Å². The highest BCUT2D eigenvalue weighted by atomic mass is 31.2. The number of aliphatic hydroxyl groups excluding tert-OH is 1. The summed E-state index contributed by atoms with van der Waals surface area (Å²) in [5.74, 6) is -0.941. The van der Waals surface area contributed by atoms with E-state index in [0.29, 0.717) is 19.3 Å². The minimum atomic E-state index is -4.41. The van der Waals surface area contributed by atoms with Crippen molar-refractivity contribution >= 4 is 19.8 Å². The summed E-state index contributed by atoms with van der Waals surface area (Å²) in [7, 11) is -4.41. The molecule has 11 heteroatoms. The van der Waals surface area contributed by atoms with E-state index in [-0.39, 0.29) is 38.7 Å². The van der Waals surface area contributed by atoms with Gasteiger partial charge in [-0.3, -0.25) is 18.6 Å². The number of carbonyl (C=O) groups excluding carboxylic acids is 2. The molecule has 0 aliphatic heterocycles. The van der Waals surface area contributed by atoms with Crippen LogP contribution in [0.15, 0.2) is 85.1 Å². The quantitative estimate of drug-likeness (QED) is 0.0242. The molecule has 0 bridgehead atoms. The third-order valence-corrected chi connectivity index (χ3v) is 8.77. The average molecular weight is 778 g/mol. The van der Waals surface area contributed by atoms with Gasteiger partial charge in [-0.1, -0.05) is 111 Å². The SMILES string of the molecule is CC/C=C\C/C=C\C/C=C\CCCCCCCC(=O)OC[C@H](COP(=O)(O)OCCN)OC(=O)CCC/C=C\C/C=C\C/C=C\C/C=C\CCC[C@H](C)O. The predicted molar refractivity (Wildman–Crippen MR) is 221 cm³/mol. The van der Waals surface area contributed by atoms with Gasteiger partial charge in [0, 0.05) is 19.4 Å². The Hall–Kier alpha value is -2.85. The van der Waals surface area contributed by atoms with Crippen molar-refractivity contribution < 1.29 is 42.7 Å². The molecule has 0 rings (SSSR count). The van der Waals surface area contributed by atoms with E-state index in [9.17, 15) is 24.2 Å². The maximum atomic E-state index is 12.5. The van der Waals surface area contributed by atoms with Gasteiger partial charge < -0.3 is 25.2 Å². The molecule has 0 heterocycles. The highest BCUT2D eigenvalue weighted by molar-refractivity contribution is 7.47. The molecule has 10 nitrogen and oxygen atoms in total. The van der Waals surface area contributed by atoms with E-state index < -0.39 is 32.5 Å². The fourth-order valence-corrected chi connectivity index (χ4v) is 5.60. The van der Waals surface area contributed by atoms with Gasteiger partial charge >= 0.3 is 19.8 Å². The van der Waals surface area contributed by atoms with Crippen molar-refractivity contribution in [2.45, 2.75) is 148 Å². The zero-order valence-electron chi connectivity index (χ0n) is 33.3. The first-order valence-electron chi connectivity index (χ1n) is 20.1. The van der Waals surface area contributed by atoms with Gasteiger partial charge in [0.1, 0.15) is 6.61 Å². The van der Waals surface area contributed by atoms with E-state index in [4.69, 9.17) is 24.3 Å². The van der Waals surface area contributed by atoms with Gasteiger partial charge in [-0.05, 0) is 96.8 Å². The van der Waals surface area contributed by atoms with Crippen LogP contribution in [0.1, 0.15) is 136 Å². The van der Waals surface area contributed by atoms with Crippen molar-refractivity contribution in [1.29, 1.82) is 0 Å². The zero-order chi connectivity index (χ0) is 39.8. The van der Waals surface area contributed by atoms with Gasteiger partial charge in [0.25, 0.3) is 0 Å². The summed E-state index contributed by atoms with van der Waals surface area (Å²) in [6, 6.07) is 0. The van der Waals surface area contributed by atoms with E-state index in [1.165, 1.54) is 0 Å². The molecule has 0 fully saturated rings. The Labute approximate surface area is 326 Å². The lowest BCUT2D eigenvalue weighted by Crippen LogP contribution is -2.29. The van der Waals surface area contributed by atoms with Crippen molar-refractivity contribution in [3.8, 4) is 0 Å². The number of rotatable bonds is 36. The first-order chi connectivity index (χ1) is 26.2. The number of hydrogen-bond acceptors (Lipinski definition) is 9. The first-order valence-corrected chi connectivity index (χ1v) is 21.6. The summed E-state index contributed by atoms with van der Waals surface area (Å²) < 4.78 is 32.6. The molecule has 4 N–H and O–H groups in total.